The highest BCUT2D eigenvalue weighted by molar-refractivity contribution is 4.86. The van der Waals surface area contributed by atoms with Crippen LogP contribution in [0.15, 0.2) is 6.20 Å². The smallest absolute Gasteiger partial charge is 0.0796 e. The number of aryl methyl sites for hydroxylation is 2. The van der Waals surface area contributed by atoms with E-state index >= 15 is 0 Å². The third-order valence-electron chi connectivity index (χ3n) is 1.47. The van der Waals surface area contributed by atoms with E-state index in [0.717, 1.165) is 25.2 Å². The fraction of sp³-hybridized carbons (Fsp3) is 0.714. The fourth-order valence-electron chi connectivity index (χ4n) is 0.922. The number of nitrogens with zero attached hydrogens (tertiary/aromatic N) is 3. The first-order valence-corrected chi connectivity index (χ1v) is 3.84. The molecule has 0 unspecified atom stereocenters. The molecule has 0 spiro atoms. The van der Waals surface area contributed by atoms with Gasteiger partial charge in [-0.2, -0.15) is 0 Å². The molecule has 11 heavy (non-hydrogen) atoms. The van der Waals surface area contributed by atoms with Crippen LogP contribution in [0.4, 0.5) is 0 Å². The average molecular weight is 154 g/mol. The van der Waals surface area contributed by atoms with Gasteiger partial charge in [-0.05, 0) is 26.9 Å². The van der Waals surface area contributed by atoms with Gasteiger partial charge in [-0.25, -0.2) is 0 Å². The maximum absolute atomic E-state index is 3.93. The van der Waals surface area contributed by atoms with E-state index in [4.69, 9.17) is 0 Å². The van der Waals surface area contributed by atoms with Crippen LogP contribution >= 0.6 is 0 Å². The van der Waals surface area contributed by atoms with E-state index in [1.165, 1.54) is 0 Å². The fourth-order valence-corrected chi connectivity index (χ4v) is 0.922. The van der Waals surface area contributed by atoms with Crippen molar-refractivity contribution in [3.63, 3.8) is 0 Å². The number of nitrogens with one attached hydrogen (secondary N) is 1. The summed E-state index contributed by atoms with van der Waals surface area (Å²) in [5.74, 6) is 0. The molecule has 1 N–H and O–H groups in total. The summed E-state index contributed by atoms with van der Waals surface area (Å²) in [4.78, 5) is 0. The quantitative estimate of drug-likeness (QED) is 0.630. The highest BCUT2D eigenvalue weighted by Gasteiger charge is 1.93. The molecule has 0 bridgehead atoms. The lowest BCUT2D eigenvalue weighted by atomic mass is 10.4. The Morgan fingerprint density at radius 1 is 1.64 bits per heavy atom. The van der Waals surface area contributed by atoms with Crippen molar-refractivity contribution < 1.29 is 0 Å². The molecule has 1 heterocycles. The van der Waals surface area contributed by atoms with E-state index in [1.54, 1.807) is 0 Å². The number of aromatic nitrogens is 3. The van der Waals surface area contributed by atoms with Gasteiger partial charge >= 0.3 is 0 Å². The molecule has 4 heteroatoms. The minimum Gasteiger partial charge on any atom is -0.320 e. The number of hydrogen-bond acceptors (Lipinski definition) is 3. The zero-order chi connectivity index (χ0) is 8.10. The number of rotatable bonds is 4. The molecule has 0 fully saturated rings. The van der Waals surface area contributed by atoms with Gasteiger partial charge in [-0.3, -0.25) is 4.68 Å². The molecule has 0 amide bonds. The minimum atomic E-state index is 0.946. The van der Waals surface area contributed by atoms with Crippen LogP contribution in [0.3, 0.4) is 0 Å². The van der Waals surface area contributed by atoms with E-state index in [0.29, 0.717) is 0 Å². The summed E-state index contributed by atoms with van der Waals surface area (Å²) in [6, 6.07) is 0. The topological polar surface area (TPSA) is 42.7 Å². The van der Waals surface area contributed by atoms with Crippen LogP contribution < -0.4 is 5.32 Å². The zero-order valence-corrected chi connectivity index (χ0v) is 7.04. The van der Waals surface area contributed by atoms with Crippen molar-refractivity contribution in [3.8, 4) is 0 Å². The molecule has 0 aliphatic rings. The molecule has 0 aliphatic carbocycles. The predicted molar refractivity (Wildman–Crippen MR) is 43.3 cm³/mol. The van der Waals surface area contributed by atoms with Crippen LogP contribution in [0.2, 0.25) is 0 Å². The summed E-state index contributed by atoms with van der Waals surface area (Å²) in [5.41, 5.74) is 0.981. The zero-order valence-electron chi connectivity index (χ0n) is 7.04. The molecule has 0 atom stereocenters. The standard InChI is InChI=1S/C7H14N4/c1-7-6-11(10-9-7)5-3-4-8-2/h6,8H,3-5H2,1-2H3. The summed E-state index contributed by atoms with van der Waals surface area (Å²) in [5, 5.41) is 10.9. The molecule has 0 aliphatic heterocycles. The second kappa shape index (κ2) is 4.08. The largest absolute Gasteiger partial charge is 0.320 e. The van der Waals surface area contributed by atoms with Gasteiger partial charge in [0, 0.05) is 12.7 Å². The van der Waals surface area contributed by atoms with E-state index in [-0.39, 0.29) is 0 Å². The maximum atomic E-state index is 3.93. The van der Waals surface area contributed by atoms with Gasteiger partial charge in [0.05, 0.1) is 5.69 Å². The Bertz CT molecular complexity index is 206. The second-order valence-electron chi connectivity index (χ2n) is 2.58. The Morgan fingerprint density at radius 3 is 3.00 bits per heavy atom. The van der Waals surface area contributed by atoms with E-state index in [9.17, 15) is 0 Å². The van der Waals surface area contributed by atoms with Crippen LogP contribution in [-0.2, 0) is 6.54 Å². The summed E-state index contributed by atoms with van der Waals surface area (Å²) in [6.07, 6.45) is 3.05. The highest BCUT2D eigenvalue weighted by atomic mass is 15.4. The van der Waals surface area contributed by atoms with Crippen LogP contribution in [-0.4, -0.2) is 28.6 Å². The Hall–Kier alpha value is -0.900. The normalized spacial score (nSPS) is 10.4. The van der Waals surface area contributed by atoms with Crippen LogP contribution in [0, 0.1) is 6.92 Å². The van der Waals surface area contributed by atoms with Gasteiger partial charge in [0.25, 0.3) is 0 Å². The number of hydrogen-bond donors (Lipinski definition) is 1. The maximum Gasteiger partial charge on any atom is 0.0796 e. The Balaban J connectivity index is 2.27. The summed E-state index contributed by atoms with van der Waals surface area (Å²) in [6.45, 7) is 3.92. The first-order chi connectivity index (χ1) is 5.33. The Labute approximate surface area is 66.6 Å². The summed E-state index contributed by atoms with van der Waals surface area (Å²) in [7, 11) is 1.95. The first kappa shape index (κ1) is 8.20. The van der Waals surface area contributed by atoms with Crippen LogP contribution in [0.25, 0.3) is 0 Å². The monoisotopic (exact) mass is 154 g/mol. The van der Waals surface area contributed by atoms with Crippen LogP contribution in [0.1, 0.15) is 12.1 Å². The molecular weight excluding hydrogens is 140 g/mol. The van der Waals surface area contributed by atoms with Crippen molar-refractivity contribution >= 4 is 0 Å². The molecule has 0 saturated carbocycles. The Kier molecular flexibility index (Phi) is 3.04. The van der Waals surface area contributed by atoms with Crippen molar-refractivity contribution in [2.75, 3.05) is 13.6 Å². The SMILES string of the molecule is CNCCCn1cc(C)nn1. The molecule has 0 aromatic carbocycles. The lowest BCUT2D eigenvalue weighted by molar-refractivity contribution is 0.545. The lowest BCUT2D eigenvalue weighted by Gasteiger charge is -1.98. The molecule has 1 aromatic heterocycles. The van der Waals surface area contributed by atoms with Crippen molar-refractivity contribution in [2.45, 2.75) is 19.9 Å². The summed E-state index contributed by atoms with van der Waals surface area (Å²) < 4.78 is 1.87. The van der Waals surface area contributed by atoms with Gasteiger partial charge in [0.15, 0.2) is 0 Å². The van der Waals surface area contributed by atoms with E-state index in [1.807, 2.05) is 24.9 Å². The predicted octanol–water partition coefficient (Wildman–Crippen LogP) is 0.196. The van der Waals surface area contributed by atoms with E-state index in [2.05, 4.69) is 15.6 Å². The first-order valence-electron chi connectivity index (χ1n) is 3.84. The van der Waals surface area contributed by atoms with Crippen molar-refractivity contribution in [2.24, 2.45) is 0 Å². The van der Waals surface area contributed by atoms with Gasteiger partial charge in [0.1, 0.15) is 0 Å². The van der Waals surface area contributed by atoms with Gasteiger partial charge in [-0.15, -0.1) is 5.10 Å². The molecule has 62 valence electrons. The van der Waals surface area contributed by atoms with Crippen LogP contribution in [0.5, 0.6) is 0 Å². The highest BCUT2D eigenvalue weighted by Crippen LogP contribution is 1.90. The Morgan fingerprint density at radius 2 is 2.45 bits per heavy atom. The molecule has 1 rings (SSSR count). The lowest BCUT2D eigenvalue weighted by Crippen LogP contribution is -2.11. The third-order valence-corrected chi connectivity index (χ3v) is 1.47. The molecule has 0 radical (unpaired) electrons. The third kappa shape index (κ3) is 2.67. The van der Waals surface area contributed by atoms with Gasteiger partial charge < -0.3 is 5.32 Å². The van der Waals surface area contributed by atoms with Crippen molar-refractivity contribution in [1.82, 2.24) is 20.3 Å². The average Bonchev–Trinajstić information content (AvgIpc) is 2.37. The molecule has 0 saturated heterocycles. The molecular formula is C7H14N4. The summed E-state index contributed by atoms with van der Waals surface area (Å²) >= 11 is 0. The van der Waals surface area contributed by atoms with E-state index < -0.39 is 0 Å². The minimum absolute atomic E-state index is 0.946. The molecule has 1 aromatic rings. The van der Waals surface area contributed by atoms with Crippen molar-refractivity contribution in [3.05, 3.63) is 11.9 Å². The van der Waals surface area contributed by atoms with Crippen molar-refractivity contribution in [1.29, 1.82) is 0 Å². The molecule has 4 nitrogen and oxygen atoms in total. The van der Waals surface area contributed by atoms with Gasteiger partial charge in [0.2, 0.25) is 0 Å². The van der Waals surface area contributed by atoms with Gasteiger partial charge in [-0.1, -0.05) is 5.21 Å². The second-order valence-corrected chi connectivity index (χ2v) is 2.58.